The number of benzene rings is 2. The van der Waals surface area contributed by atoms with Crippen LogP contribution in [0.15, 0.2) is 53.5 Å². The van der Waals surface area contributed by atoms with Gasteiger partial charge in [0.2, 0.25) is 0 Å². The van der Waals surface area contributed by atoms with Crippen LogP contribution in [0.4, 0.5) is 0 Å². The predicted molar refractivity (Wildman–Crippen MR) is 135 cm³/mol. The molecule has 0 saturated heterocycles. The molecule has 0 aromatic heterocycles. The third-order valence-corrected chi connectivity index (χ3v) is 4.36. The minimum atomic E-state index is -0.0484. The largest absolute Gasteiger partial charge is 0.497 e. The van der Waals surface area contributed by atoms with Gasteiger partial charge in [0.25, 0.3) is 0 Å². The smallest absolute Gasteiger partial charge is 0.191 e. The normalized spacial score (nSPS) is 11.8. The molecule has 0 amide bonds. The number of hydrogen-bond acceptors (Lipinski definition) is 5. The standard InChI is InChI=1S/C23H33N3O4.HI/c1-18(30-22-9-6-5-8-21(22)28-4)16-26-23(24-2)25-14-7-15-29-17-19-10-12-20(27-3)13-11-19;/h5-6,8-13,18H,7,14-17H2,1-4H3,(H2,24,25,26);1H. The van der Waals surface area contributed by atoms with Crippen molar-refractivity contribution >= 4 is 29.9 Å². The third kappa shape index (κ3) is 10.1. The Morgan fingerprint density at radius 3 is 2.32 bits per heavy atom. The average molecular weight is 543 g/mol. The van der Waals surface area contributed by atoms with E-state index in [0.717, 1.165) is 41.7 Å². The van der Waals surface area contributed by atoms with E-state index in [0.29, 0.717) is 19.8 Å². The summed E-state index contributed by atoms with van der Waals surface area (Å²) in [5.41, 5.74) is 1.13. The Balaban J connectivity index is 0.00000480. The van der Waals surface area contributed by atoms with Crippen molar-refractivity contribution in [3.05, 3.63) is 54.1 Å². The first kappa shape index (κ1) is 26.8. The van der Waals surface area contributed by atoms with Crippen molar-refractivity contribution < 1.29 is 18.9 Å². The van der Waals surface area contributed by atoms with Crippen LogP contribution in [0.25, 0.3) is 0 Å². The van der Waals surface area contributed by atoms with E-state index in [1.54, 1.807) is 21.3 Å². The van der Waals surface area contributed by atoms with Crippen LogP contribution in [0.1, 0.15) is 18.9 Å². The Morgan fingerprint density at radius 1 is 0.968 bits per heavy atom. The average Bonchev–Trinajstić information content (AvgIpc) is 2.78. The number of nitrogens with one attached hydrogen (secondary N) is 2. The molecular formula is C23H34IN3O4. The molecular weight excluding hydrogens is 509 g/mol. The minimum absolute atomic E-state index is 0. The number of para-hydroxylation sites is 2. The zero-order chi connectivity index (χ0) is 21.6. The first-order valence-corrected chi connectivity index (χ1v) is 10.1. The van der Waals surface area contributed by atoms with E-state index in [-0.39, 0.29) is 30.1 Å². The Bertz CT molecular complexity index is 772. The van der Waals surface area contributed by atoms with Gasteiger partial charge in [-0.1, -0.05) is 24.3 Å². The van der Waals surface area contributed by atoms with Crippen molar-refractivity contribution in [3.8, 4) is 17.2 Å². The van der Waals surface area contributed by atoms with Crippen molar-refractivity contribution in [2.45, 2.75) is 26.1 Å². The molecule has 172 valence electrons. The van der Waals surface area contributed by atoms with Gasteiger partial charge in [0, 0.05) is 20.2 Å². The quantitative estimate of drug-likeness (QED) is 0.183. The highest BCUT2D eigenvalue weighted by molar-refractivity contribution is 14.0. The lowest BCUT2D eigenvalue weighted by Crippen LogP contribution is -2.42. The van der Waals surface area contributed by atoms with Crippen molar-refractivity contribution in [1.29, 1.82) is 0 Å². The van der Waals surface area contributed by atoms with Gasteiger partial charge in [-0.15, -0.1) is 24.0 Å². The molecule has 0 bridgehead atoms. The lowest BCUT2D eigenvalue weighted by Gasteiger charge is -2.19. The second-order valence-corrected chi connectivity index (χ2v) is 6.71. The van der Waals surface area contributed by atoms with E-state index < -0.39 is 0 Å². The summed E-state index contributed by atoms with van der Waals surface area (Å²) >= 11 is 0. The van der Waals surface area contributed by atoms with Gasteiger partial charge >= 0.3 is 0 Å². The van der Waals surface area contributed by atoms with E-state index in [9.17, 15) is 0 Å². The van der Waals surface area contributed by atoms with Gasteiger partial charge in [-0.25, -0.2) is 0 Å². The van der Waals surface area contributed by atoms with E-state index in [1.165, 1.54) is 0 Å². The summed E-state index contributed by atoms with van der Waals surface area (Å²) in [5.74, 6) is 3.04. The van der Waals surface area contributed by atoms with Crippen LogP contribution in [0.3, 0.4) is 0 Å². The van der Waals surface area contributed by atoms with Crippen LogP contribution in [-0.2, 0) is 11.3 Å². The van der Waals surface area contributed by atoms with Gasteiger partial charge in [-0.3, -0.25) is 4.99 Å². The summed E-state index contributed by atoms with van der Waals surface area (Å²) in [6.45, 7) is 4.65. The Labute approximate surface area is 202 Å². The second kappa shape index (κ2) is 15.6. The lowest BCUT2D eigenvalue weighted by atomic mass is 10.2. The van der Waals surface area contributed by atoms with Crippen molar-refractivity contribution in [2.75, 3.05) is 41.0 Å². The first-order chi connectivity index (χ1) is 14.7. The van der Waals surface area contributed by atoms with Gasteiger partial charge in [-0.05, 0) is 43.2 Å². The molecule has 1 atom stereocenters. The first-order valence-electron chi connectivity index (χ1n) is 10.1. The Kier molecular flexibility index (Phi) is 13.5. The number of halogens is 1. The number of nitrogens with zero attached hydrogens (tertiary/aromatic N) is 1. The summed E-state index contributed by atoms with van der Waals surface area (Å²) in [5, 5.41) is 6.56. The fourth-order valence-electron chi connectivity index (χ4n) is 2.73. The molecule has 2 rings (SSSR count). The molecule has 8 heteroatoms. The molecule has 31 heavy (non-hydrogen) atoms. The van der Waals surface area contributed by atoms with Crippen LogP contribution in [0.2, 0.25) is 0 Å². The summed E-state index contributed by atoms with van der Waals surface area (Å²) in [6.07, 6.45) is 0.831. The molecule has 0 spiro atoms. The molecule has 0 aliphatic heterocycles. The van der Waals surface area contributed by atoms with E-state index >= 15 is 0 Å². The van der Waals surface area contributed by atoms with Gasteiger partial charge in [-0.2, -0.15) is 0 Å². The molecule has 2 aromatic carbocycles. The highest BCUT2D eigenvalue weighted by atomic mass is 127. The van der Waals surface area contributed by atoms with Crippen LogP contribution >= 0.6 is 24.0 Å². The minimum Gasteiger partial charge on any atom is -0.497 e. The number of methoxy groups -OCH3 is 2. The van der Waals surface area contributed by atoms with Gasteiger partial charge < -0.3 is 29.6 Å². The maximum Gasteiger partial charge on any atom is 0.191 e. The molecule has 1 unspecified atom stereocenters. The van der Waals surface area contributed by atoms with Crippen molar-refractivity contribution in [3.63, 3.8) is 0 Å². The fraction of sp³-hybridized carbons (Fsp3) is 0.435. The molecule has 0 saturated carbocycles. The van der Waals surface area contributed by atoms with Gasteiger partial charge in [0.1, 0.15) is 11.9 Å². The number of rotatable bonds is 12. The Morgan fingerprint density at radius 2 is 1.68 bits per heavy atom. The lowest BCUT2D eigenvalue weighted by molar-refractivity contribution is 0.119. The molecule has 0 aliphatic rings. The molecule has 0 radical (unpaired) electrons. The summed E-state index contributed by atoms with van der Waals surface area (Å²) in [4.78, 5) is 4.24. The molecule has 2 N–H and O–H groups in total. The monoisotopic (exact) mass is 543 g/mol. The zero-order valence-corrected chi connectivity index (χ0v) is 21.1. The highest BCUT2D eigenvalue weighted by Crippen LogP contribution is 2.26. The van der Waals surface area contributed by atoms with E-state index in [1.807, 2.05) is 55.5 Å². The second-order valence-electron chi connectivity index (χ2n) is 6.71. The number of hydrogen-bond donors (Lipinski definition) is 2. The van der Waals surface area contributed by atoms with Crippen molar-refractivity contribution in [2.24, 2.45) is 4.99 Å². The SMILES string of the molecule is CN=C(NCCCOCc1ccc(OC)cc1)NCC(C)Oc1ccccc1OC.I. The topological polar surface area (TPSA) is 73.3 Å². The maximum absolute atomic E-state index is 5.95. The van der Waals surface area contributed by atoms with E-state index in [4.69, 9.17) is 18.9 Å². The predicted octanol–water partition coefficient (Wildman–Crippen LogP) is 3.86. The third-order valence-electron chi connectivity index (χ3n) is 4.36. The molecule has 0 fully saturated rings. The number of ether oxygens (including phenoxy) is 4. The summed E-state index contributed by atoms with van der Waals surface area (Å²) in [6, 6.07) is 15.5. The molecule has 0 heterocycles. The molecule has 2 aromatic rings. The highest BCUT2D eigenvalue weighted by Gasteiger charge is 2.09. The Hall–Kier alpha value is -2.20. The van der Waals surface area contributed by atoms with Crippen LogP contribution in [-0.4, -0.2) is 53.0 Å². The van der Waals surface area contributed by atoms with Crippen LogP contribution in [0, 0.1) is 0 Å². The van der Waals surface area contributed by atoms with Gasteiger partial charge in [0.15, 0.2) is 17.5 Å². The zero-order valence-electron chi connectivity index (χ0n) is 18.7. The van der Waals surface area contributed by atoms with Crippen LogP contribution in [0.5, 0.6) is 17.2 Å². The van der Waals surface area contributed by atoms with Gasteiger partial charge in [0.05, 0.1) is 27.4 Å². The van der Waals surface area contributed by atoms with E-state index in [2.05, 4.69) is 15.6 Å². The fourth-order valence-corrected chi connectivity index (χ4v) is 2.73. The summed E-state index contributed by atoms with van der Waals surface area (Å²) in [7, 11) is 5.05. The number of guanidine groups is 1. The summed E-state index contributed by atoms with van der Waals surface area (Å²) < 4.78 is 22.1. The van der Waals surface area contributed by atoms with Crippen molar-refractivity contribution in [1.82, 2.24) is 10.6 Å². The van der Waals surface area contributed by atoms with Crippen LogP contribution < -0.4 is 24.8 Å². The number of aliphatic imine (C=N–C) groups is 1. The maximum atomic E-state index is 5.95. The molecule has 7 nitrogen and oxygen atoms in total. The molecule has 0 aliphatic carbocycles.